The molecule has 0 saturated heterocycles. The topological polar surface area (TPSA) is 15.6 Å². The lowest BCUT2D eigenvalue weighted by Crippen LogP contribution is -2.21. The molecule has 2 aliphatic heterocycles. The van der Waals surface area contributed by atoms with Crippen molar-refractivity contribution in [3.63, 3.8) is 0 Å². The summed E-state index contributed by atoms with van der Waals surface area (Å²) in [6, 6.07) is 8.48. The molecule has 4 rings (SSSR count). The molecular formula is C14H10N2S. The van der Waals surface area contributed by atoms with Crippen molar-refractivity contribution in [2.75, 3.05) is 4.90 Å². The summed E-state index contributed by atoms with van der Waals surface area (Å²) in [5.41, 5.74) is 3.70. The van der Waals surface area contributed by atoms with E-state index in [1.54, 1.807) is 0 Å². The normalized spacial score (nSPS) is 20.0. The Morgan fingerprint density at radius 3 is 3.18 bits per heavy atom. The van der Waals surface area contributed by atoms with Gasteiger partial charge in [0.25, 0.3) is 0 Å². The molecule has 0 spiro atoms. The third kappa shape index (κ3) is 1.26. The number of hydrogen-bond acceptors (Lipinski definition) is 3. The van der Waals surface area contributed by atoms with E-state index in [2.05, 4.69) is 52.4 Å². The van der Waals surface area contributed by atoms with E-state index >= 15 is 0 Å². The lowest BCUT2D eigenvalue weighted by atomic mass is 10.0. The van der Waals surface area contributed by atoms with Crippen LogP contribution in [0.2, 0.25) is 0 Å². The van der Waals surface area contributed by atoms with Crippen molar-refractivity contribution in [1.29, 1.82) is 0 Å². The molecule has 0 radical (unpaired) electrons. The number of fused-ring (bicyclic) bond motifs is 4. The fourth-order valence-electron chi connectivity index (χ4n) is 2.31. The smallest absolute Gasteiger partial charge is 0.101 e. The van der Waals surface area contributed by atoms with E-state index in [0.29, 0.717) is 0 Å². The van der Waals surface area contributed by atoms with Gasteiger partial charge in [-0.3, -0.25) is 4.90 Å². The number of benzene rings is 1. The minimum absolute atomic E-state index is 0.982. The first-order chi connectivity index (χ1) is 8.43. The molecule has 3 aliphatic rings. The molecular weight excluding hydrogens is 228 g/mol. The van der Waals surface area contributed by atoms with E-state index in [-0.39, 0.29) is 0 Å². The van der Waals surface area contributed by atoms with Gasteiger partial charge in [-0.1, -0.05) is 36.0 Å². The first-order valence-electron chi connectivity index (χ1n) is 5.64. The minimum Gasteiger partial charge on any atom is -0.293 e. The molecule has 0 bridgehead atoms. The Morgan fingerprint density at radius 2 is 2.18 bits per heavy atom. The van der Waals surface area contributed by atoms with Crippen LogP contribution in [0.3, 0.4) is 0 Å². The zero-order valence-electron chi connectivity index (χ0n) is 9.13. The van der Waals surface area contributed by atoms with Crippen LogP contribution in [0.1, 0.15) is 6.42 Å². The van der Waals surface area contributed by atoms with Crippen LogP contribution in [-0.2, 0) is 0 Å². The largest absolute Gasteiger partial charge is 0.293 e. The summed E-state index contributed by atoms with van der Waals surface area (Å²) in [5, 5.41) is 1.32. The summed E-state index contributed by atoms with van der Waals surface area (Å²) in [6.07, 6.45) is 9.27. The fourth-order valence-corrected chi connectivity index (χ4v) is 3.50. The minimum atomic E-state index is 0.982. The Morgan fingerprint density at radius 1 is 1.24 bits per heavy atom. The Hall–Kier alpha value is -1.74. The Balaban J connectivity index is 1.91. The molecule has 1 aromatic carbocycles. The van der Waals surface area contributed by atoms with Crippen molar-refractivity contribution in [3.8, 4) is 0 Å². The predicted molar refractivity (Wildman–Crippen MR) is 72.1 cm³/mol. The van der Waals surface area contributed by atoms with Crippen molar-refractivity contribution in [2.45, 2.75) is 11.3 Å². The van der Waals surface area contributed by atoms with Crippen LogP contribution in [-0.4, -0.2) is 6.34 Å². The highest BCUT2D eigenvalue weighted by Gasteiger charge is 2.30. The maximum atomic E-state index is 4.53. The van der Waals surface area contributed by atoms with Gasteiger partial charge in [-0.15, -0.1) is 0 Å². The number of thioether (sulfide) groups is 1. The quantitative estimate of drug-likeness (QED) is 0.685. The number of aliphatic imine (C=N–C) groups is 1. The van der Waals surface area contributed by atoms with Gasteiger partial charge in [0.1, 0.15) is 6.34 Å². The van der Waals surface area contributed by atoms with Gasteiger partial charge in [0.15, 0.2) is 0 Å². The Bertz CT molecular complexity index is 623. The third-order valence-electron chi connectivity index (χ3n) is 3.14. The van der Waals surface area contributed by atoms with E-state index in [9.17, 15) is 0 Å². The highest BCUT2D eigenvalue weighted by Crippen LogP contribution is 2.49. The first kappa shape index (κ1) is 9.31. The summed E-state index contributed by atoms with van der Waals surface area (Å²) >= 11 is 1.85. The molecule has 0 unspecified atom stereocenters. The van der Waals surface area contributed by atoms with Crippen LogP contribution in [0.4, 0.5) is 5.69 Å². The Labute approximate surface area is 104 Å². The van der Waals surface area contributed by atoms with Crippen LogP contribution in [0.25, 0.3) is 0 Å². The van der Waals surface area contributed by atoms with Gasteiger partial charge >= 0.3 is 0 Å². The maximum Gasteiger partial charge on any atom is 0.101 e. The molecule has 0 aromatic heterocycles. The summed E-state index contributed by atoms with van der Waals surface area (Å²) in [4.78, 5) is 8.05. The second-order valence-electron chi connectivity index (χ2n) is 4.15. The van der Waals surface area contributed by atoms with Gasteiger partial charge < -0.3 is 0 Å². The zero-order valence-corrected chi connectivity index (χ0v) is 9.95. The molecule has 17 heavy (non-hydrogen) atoms. The van der Waals surface area contributed by atoms with E-state index in [0.717, 1.165) is 12.1 Å². The molecule has 0 amide bonds. The average molecular weight is 238 g/mol. The van der Waals surface area contributed by atoms with Crippen molar-refractivity contribution in [1.82, 2.24) is 0 Å². The van der Waals surface area contributed by atoms with Crippen LogP contribution >= 0.6 is 11.8 Å². The molecule has 1 aliphatic carbocycles. The highest BCUT2D eigenvalue weighted by molar-refractivity contribution is 8.03. The van der Waals surface area contributed by atoms with E-state index in [1.807, 2.05) is 18.1 Å². The van der Waals surface area contributed by atoms with Gasteiger partial charge in [0, 0.05) is 10.5 Å². The summed E-state index contributed by atoms with van der Waals surface area (Å²) < 4.78 is 0. The van der Waals surface area contributed by atoms with Crippen molar-refractivity contribution < 1.29 is 0 Å². The van der Waals surface area contributed by atoms with Gasteiger partial charge in [-0.2, -0.15) is 0 Å². The number of anilines is 1. The lowest BCUT2D eigenvalue weighted by molar-refractivity contribution is 1.09. The molecule has 0 N–H and O–H groups in total. The van der Waals surface area contributed by atoms with Crippen LogP contribution in [0.5, 0.6) is 0 Å². The molecule has 1 aromatic rings. The second-order valence-corrected chi connectivity index (χ2v) is 5.18. The van der Waals surface area contributed by atoms with Crippen molar-refractivity contribution in [3.05, 3.63) is 58.8 Å². The first-order valence-corrected chi connectivity index (χ1v) is 6.46. The van der Waals surface area contributed by atoms with Crippen LogP contribution in [0.15, 0.2) is 68.7 Å². The van der Waals surface area contributed by atoms with Gasteiger partial charge in [0.05, 0.1) is 16.4 Å². The van der Waals surface area contributed by atoms with Crippen LogP contribution in [0, 0.1) is 0 Å². The van der Waals surface area contributed by atoms with Gasteiger partial charge in [-0.25, -0.2) is 4.99 Å². The molecule has 0 atom stereocenters. The molecule has 2 nitrogen and oxygen atoms in total. The SMILES string of the molecule is C1=CCC2=C3Sc4ccccc4N3C=NC2=C1. The second kappa shape index (κ2) is 3.37. The average Bonchev–Trinajstić information content (AvgIpc) is 2.78. The van der Waals surface area contributed by atoms with Crippen molar-refractivity contribution in [2.24, 2.45) is 4.99 Å². The van der Waals surface area contributed by atoms with Gasteiger partial charge in [-0.05, 0) is 24.6 Å². The summed E-state index contributed by atoms with van der Waals surface area (Å²) in [7, 11) is 0. The van der Waals surface area contributed by atoms with Crippen LogP contribution < -0.4 is 4.90 Å². The zero-order chi connectivity index (χ0) is 11.2. The van der Waals surface area contributed by atoms with E-state index < -0.39 is 0 Å². The molecule has 3 heteroatoms. The van der Waals surface area contributed by atoms with Crippen molar-refractivity contribution >= 4 is 23.8 Å². The third-order valence-corrected chi connectivity index (χ3v) is 4.34. The fraction of sp³-hybridized carbons (Fsp3) is 0.0714. The molecule has 0 fully saturated rings. The molecule has 2 heterocycles. The monoisotopic (exact) mass is 238 g/mol. The maximum absolute atomic E-state index is 4.53. The Kier molecular flexibility index (Phi) is 1.85. The lowest BCUT2D eigenvalue weighted by Gasteiger charge is -2.24. The van der Waals surface area contributed by atoms with Gasteiger partial charge in [0.2, 0.25) is 0 Å². The number of hydrogen-bond donors (Lipinski definition) is 0. The number of allylic oxidation sites excluding steroid dienone is 4. The van der Waals surface area contributed by atoms with E-state index in [4.69, 9.17) is 0 Å². The number of para-hydroxylation sites is 1. The predicted octanol–water partition coefficient (Wildman–Crippen LogP) is 3.70. The molecule has 82 valence electrons. The number of rotatable bonds is 0. The molecule has 0 saturated carbocycles. The highest BCUT2D eigenvalue weighted by atomic mass is 32.2. The summed E-state index contributed by atoms with van der Waals surface area (Å²) in [5.74, 6) is 0. The summed E-state index contributed by atoms with van der Waals surface area (Å²) in [6.45, 7) is 0. The standard InChI is InChI=1S/C14H10N2S/c1-2-6-11-10(5-1)14-16(9-15-11)12-7-3-4-8-13(12)17-14/h1-4,6-9H,5H2. The number of nitrogens with zero attached hydrogens (tertiary/aromatic N) is 2. The van der Waals surface area contributed by atoms with E-state index in [1.165, 1.54) is 21.2 Å².